The summed E-state index contributed by atoms with van der Waals surface area (Å²) < 4.78 is 50.8. The van der Waals surface area contributed by atoms with E-state index >= 15 is 0 Å². The van der Waals surface area contributed by atoms with Gasteiger partial charge in [0.2, 0.25) is 5.88 Å². The average Bonchev–Trinajstić information content (AvgIpc) is 3.19. The van der Waals surface area contributed by atoms with Crippen molar-refractivity contribution in [2.45, 2.75) is 13.2 Å². The van der Waals surface area contributed by atoms with Gasteiger partial charge in [-0.2, -0.15) is 4.98 Å². The number of benzene rings is 2. The molecule has 2 heterocycles. The van der Waals surface area contributed by atoms with E-state index in [0.29, 0.717) is 0 Å². The van der Waals surface area contributed by atoms with E-state index < -0.39 is 23.9 Å². The van der Waals surface area contributed by atoms with Crippen LogP contribution in [-0.2, 0) is 13.2 Å². The molecule has 0 spiro atoms. The summed E-state index contributed by atoms with van der Waals surface area (Å²) in [5, 5.41) is 0.124. The standard InChI is InChI=1S/C22H20ClF2N5O5.ClH/c1-32-14-5-4-12(24)18(25)10(14)9-35-16-7-13(11(23)6-15(16)33-2)30-20-19(29-22(30)31)21(34-3)28-17(8-26)27-20;/h4-7H,8-9,26H2,1-3H3,(H,29,31);1H. The fourth-order valence-electron chi connectivity index (χ4n) is 3.48. The van der Waals surface area contributed by atoms with Gasteiger partial charge in [-0.15, -0.1) is 12.4 Å². The Morgan fingerprint density at radius 2 is 1.78 bits per heavy atom. The van der Waals surface area contributed by atoms with E-state index in [1.807, 2.05) is 0 Å². The Hall–Kier alpha value is -3.61. The highest BCUT2D eigenvalue weighted by Gasteiger charge is 2.22. The van der Waals surface area contributed by atoms with Gasteiger partial charge >= 0.3 is 5.69 Å². The van der Waals surface area contributed by atoms with Crippen molar-refractivity contribution < 1.29 is 27.7 Å². The van der Waals surface area contributed by atoms with E-state index in [1.165, 1.54) is 44.1 Å². The maximum Gasteiger partial charge on any atom is 0.332 e. The van der Waals surface area contributed by atoms with Gasteiger partial charge in [-0.25, -0.2) is 23.1 Å². The molecule has 0 unspecified atom stereocenters. The molecule has 4 rings (SSSR count). The smallest absolute Gasteiger partial charge is 0.332 e. The normalized spacial score (nSPS) is 10.8. The molecule has 0 bridgehead atoms. The molecule has 0 amide bonds. The average molecular weight is 544 g/mol. The van der Waals surface area contributed by atoms with Gasteiger partial charge in [-0.1, -0.05) is 11.6 Å². The molecule has 14 heteroatoms. The van der Waals surface area contributed by atoms with Crippen LogP contribution in [0.15, 0.2) is 29.1 Å². The number of aromatic nitrogens is 4. The minimum absolute atomic E-state index is 0. The number of ether oxygens (including phenoxy) is 4. The number of hydrogen-bond acceptors (Lipinski definition) is 8. The quantitative estimate of drug-likeness (QED) is 0.345. The molecule has 0 fully saturated rings. The van der Waals surface area contributed by atoms with Crippen LogP contribution in [0.4, 0.5) is 8.78 Å². The minimum atomic E-state index is -1.11. The minimum Gasteiger partial charge on any atom is -0.496 e. The van der Waals surface area contributed by atoms with Crippen LogP contribution >= 0.6 is 24.0 Å². The van der Waals surface area contributed by atoms with Crippen molar-refractivity contribution in [3.8, 4) is 28.8 Å². The van der Waals surface area contributed by atoms with Gasteiger partial charge in [0.05, 0.1) is 44.1 Å². The van der Waals surface area contributed by atoms with Crippen LogP contribution in [0.25, 0.3) is 16.9 Å². The second kappa shape index (κ2) is 11.0. The predicted octanol–water partition coefficient (Wildman–Crippen LogP) is 3.53. The largest absolute Gasteiger partial charge is 0.496 e. The van der Waals surface area contributed by atoms with E-state index in [9.17, 15) is 13.6 Å². The summed E-state index contributed by atoms with van der Waals surface area (Å²) in [7, 11) is 4.10. The topological polar surface area (TPSA) is 127 Å². The lowest BCUT2D eigenvalue weighted by molar-refractivity contribution is 0.270. The second-order valence-corrected chi connectivity index (χ2v) is 7.51. The van der Waals surface area contributed by atoms with Crippen LogP contribution in [0, 0.1) is 11.6 Å². The fraction of sp³-hybridized carbons (Fsp3) is 0.227. The number of nitrogens with two attached hydrogens (primary N) is 1. The molecular weight excluding hydrogens is 523 g/mol. The van der Waals surface area contributed by atoms with Gasteiger partial charge in [-0.05, 0) is 12.1 Å². The Morgan fingerprint density at radius 1 is 1.06 bits per heavy atom. The van der Waals surface area contributed by atoms with Crippen LogP contribution in [0.1, 0.15) is 11.4 Å². The molecule has 192 valence electrons. The molecule has 0 saturated carbocycles. The highest BCUT2D eigenvalue weighted by molar-refractivity contribution is 6.32. The molecule has 3 N–H and O–H groups in total. The molecule has 36 heavy (non-hydrogen) atoms. The molecule has 2 aromatic heterocycles. The first-order chi connectivity index (χ1) is 16.8. The lowest BCUT2D eigenvalue weighted by atomic mass is 10.2. The molecule has 0 radical (unpaired) electrons. The third-order valence-corrected chi connectivity index (χ3v) is 5.45. The lowest BCUT2D eigenvalue weighted by Crippen LogP contribution is -2.16. The monoisotopic (exact) mass is 543 g/mol. The first-order valence-electron chi connectivity index (χ1n) is 10.1. The van der Waals surface area contributed by atoms with Crippen LogP contribution < -0.4 is 30.4 Å². The number of fused-ring (bicyclic) bond motifs is 1. The van der Waals surface area contributed by atoms with Gasteiger partial charge in [-0.3, -0.25) is 4.98 Å². The van der Waals surface area contributed by atoms with Crippen molar-refractivity contribution in [1.82, 2.24) is 19.5 Å². The maximum absolute atomic E-state index is 14.4. The Kier molecular flexibility index (Phi) is 8.23. The van der Waals surface area contributed by atoms with Crippen molar-refractivity contribution in [3.05, 3.63) is 62.8 Å². The van der Waals surface area contributed by atoms with Gasteiger partial charge in [0.1, 0.15) is 23.7 Å². The highest BCUT2D eigenvalue weighted by Crippen LogP contribution is 2.37. The van der Waals surface area contributed by atoms with Crippen molar-refractivity contribution >= 4 is 35.2 Å². The second-order valence-electron chi connectivity index (χ2n) is 7.10. The summed E-state index contributed by atoms with van der Waals surface area (Å²) in [6, 6.07) is 5.07. The lowest BCUT2D eigenvalue weighted by Gasteiger charge is -2.16. The van der Waals surface area contributed by atoms with Gasteiger partial charge in [0.25, 0.3) is 0 Å². The van der Waals surface area contributed by atoms with E-state index in [2.05, 4.69) is 15.0 Å². The van der Waals surface area contributed by atoms with E-state index in [-0.39, 0.29) is 75.3 Å². The number of methoxy groups -OCH3 is 3. The van der Waals surface area contributed by atoms with E-state index in [1.54, 1.807) is 0 Å². The molecule has 2 aromatic carbocycles. The molecule has 0 aliphatic rings. The summed E-state index contributed by atoms with van der Waals surface area (Å²) in [4.78, 5) is 24.0. The SMILES string of the molecule is COc1cc(Cl)c(-n2c(=O)[nH]c3c(OC)nc(CN)nc32)cc1OCc1c(OC)ccc(F)c1F.Cl. The van der Waals surface area contributed by atoms with Crippen LogP contribution in [-0.4, -0.2) is 40.8 Å². The van der Waals surface area contributed by atoms with Gasteiger partial charge < -0.3 is 24.7 Å². The summed E-state index contributed by atoms with van der Waals surface area (Å²) in [6.45, 7) is -0.405. The third-order valence-electron chi connectivity index (χ3n) is 5.14. The molecule has 10 nitrogen and oxygen atoms in total. The maximum atomic E-state index is 14.4. The van der Waals surface area contributed by atoms with Crippen LogP contribution in [0.5, 0.6) is 23.1 Å². The Balaban J connectivity index is 0.00000361. The van der Waals surface area contributed by atoms with E-state index in [0.717, 1.165) is 6.07 Å². The zero-order valence-electron chi connectivity index (χ0n) is 19.2. The number of nitrogens with one attached hydrogen (secondary N) is 1. The first-order valence-corrected chi connectivity index (χ1v) is 10.5. The number of halogens is 4. The zero-order valence-corrected chi connectivity index (χ0v) is 20.8. The van der Waals surface area contributed by atoms with Gasteiger partial charge in [0, 0.05) is 12.1 Å². The summed E-state index contributed by atoms with van der Waals surface area (Å²) in [6.07, 6.45) is 0. The molecule has 0 aliphatic heterocycles. The van der Waals surface area contributed by atoms with Gasteiger partial charge in [0.15, 0.2) is 28.8 Å². The van der Waals surface area contributed by atoms with E-state index in [4.69, 9.17) is 36.3 Å². The number of hydrogen-bond donors (Lipinski definition) is 2. The summed E-state index contributed by atoms with van der Waals surface area (Å²) in [5.74, 6) is -1.41. The van der Waals surface area contributed by atoms with Crippen LogP contribution in [0.2, 0.25) is 5.02 Å². The number of rotatable bonds is 8. The molecule has 0 atom stereocenters. The Bertz CT molecular complexity index is 1480. The van der Waals surface area contributed by atoms with Crippen LogP contribution in [0.3, 0.4) is 0 Å². The van der Waals surface area contributed by atoms with Crippen molar-refractivity contribution in [1.29, 1.82) is 0 Å². The first kappa shape index (κ1) is 27.0. The number of imidazole rings is 1. The fourth-order valence-corrected chi connectivity index (χ4v) is 3.72. The summed E-state index contributed by atoms with van der Waals surface area (Å²) >= 11 is 6.46. The number of H-pyrrole nitrogens is 1. The van der Waals surface area contributed by atoms with Crippen molar-refractivity contribution in [3.63, 3.8) is 0 Å². The molecule has 0 saturated heterocycles. The molecule has 0 aliphatic carbocycles. The summed E-state index contributed by atoms with van der Waals surface area (Å²) in [5.41, 5.74) is 5.53. The number of nitrogens with zero attached hydrogens (tertiary/aromatic N) is 3. The number of aromatic amines is 1. The Labute approximate surface area is 214 Å². The third kappa shape index (κ3) is 4.74. The predicted molar refractivity (Wildman–Crippen MR) is 130 cm³/mol. The zero-order chi connectivity index (χ0) is 25.3. The molecule has 4 aromatic rings. The van der Waals surface area contributed by atoms with Crippen molar-refractivity contribution in [2.24, 2.45) is 5.73 Å². The molecular formula is C22H21Cl2F2N5O5. The Morgan fingerprint density at radius 3 is 2.42 bits per heavy atom. The highest BCUT2D eigenvalue weighted by atomic mass is 35.5. The van der Waals surface area contributed by atoms with Crippen molar-refractivity contribution in [2.75, 3.05) is 21.3 Å².